The van der Waals surface area contributed by atoms with E-state index in [1.54, 1.807) is 0 Å². The van der Waals surface area contributed by atoms with Gasteiger partial charge in [-0.05, 0) is 25.3 Å². The number of aryl methyl sites for hydroxylation is 1. The highest BCUT2D eigenvalue weighted by atomic mass is 16.1. The highest BCUT2D eigenvalue weighted by molar-refractivity contribution is 5.76. The van der Waals surface area contributed by atoms with E-state index in [9.17, 15) is 4.79 Å². The smallest absolute Gasteiger partial charge is 0.220 e. The second kappa shape index (κ2) is 4.88. The monoisotopic (exact) mass is 232 g/mol. The molecule has 1 amide bonds. The van der Waals surface area contributed by atoms with Crippen molar-refractivity contribution < 1.29 is 4.79 Å². The van der Waals surface area contributed by atoms with E-state index >= 15 is 0 Å². The van der Waals surface area contributed by atoms with E-state index in [0.29, 0.717) is 13.0 Å². The number of carbonyl (C=O) groups is 1. The van der Waals surface area contributed by atoms with E-state index in [-0.39, 0.29) is 11.3 Å². The Hall–Kier alpha value is -1.35. The van der Waals surface area contributed by atoms with Crippen molar-refractivity contribution in [1.29, 1.82) is 0 Å². The highest BCUT2D eigenvalue weighted by Crippen LogP contribution is 2.33. The zero-order valence-electron chi connectivity index (χ0n) is 10.3. The standard InChI is InChI=1S/C14H20N2O/c1-11-2-4-12(5-3-11)14(10-15)7-6-13(17)16-9-8-14/h2-5H,6-10,15H2,1H3,(H,16,17). The average Bonchev–Trinajstić information content (AvgIpc) is 2.53. The minimum atomic E-state index is -0.0349. The molecule has 3 nitrogen and oxygen atoms in total. The molecule has 1 aromatic carbocycles. The fourth-order valence-electron chi connectivity index (χ4n) is 2.53. The van der Waals surface area contributed by atoms with Gasteiger partial charge in [-0.25, -0.2) is 0 Å². The predicted octanol–water partition coefficient (Wildman–Crippen LogP) is 1.49. The SMILES string of the molecule is Cc1ccc(C2(CN)CCNC(=O)CC2)cc1. The number of nitrogens with two attached hydrogens (primary N) is 1. The number of carbonyl (C=O) groups excluding carboxylic acids is 1. The van der Waals surface area contributed by atoms with Crippen LogP contribution >= 0.6 is 0 Å². The molecule has 0 bridgehead atoms. The molecule has 0 saturated carbocycles. The first-order valence-electron chi connectivity index (χ1n) is 6.20. The van der Waals surface area contributed by atoms with Gasteiger partial charge in [0.15, 0.2) is 0 Å². The molecule has 1 atom stereocenters. The molecule has 1 aromatic rings. The van der Waals surface area contributed by atoms with Crippen molar-refractivity contribution >= 4 is 5.91 Å². The van der Waals surface area contributed by atoms with Crippen molar-refractivity contribution in [2.45, 2.75) is 31.6 Å². The van der Waals surface area contributed by atoms with E-state index in [4.69, 9.17) is 5.73 Å². The Kier molecular flexibility index (Phi) is 3.48. The Balaban J connectivity index is 2.29. The molecule has 1 unspecified atom stereocenters. The summed E-state index contributed by atoms with van der Waals surface area (Å²) in [5.74, 6) is 0.146. The summed E-state index contributed by atoms with van der Waals surface area (Å²) in [5, 5.41) is 2.92. The molecule has 1 fully saturated rings. The van der Waals surface area contributed by atoms with Crippen LogP contribution in [-0.2, 0) is 10.2 Å². The molecule has 3 N–H and O–H groups in total. The Morgan fingerprint density at radius 3 is 2.65 bits per heavy atom. The van der Waals surface area contributed by atoms with Gasteiger partial charge in [-0.15, -0.1) is 0 Å². The van der Waals surface area contributed by atoms with Crippen LogP contribution in [0.1, 0.15) is 30.4 Å². The minimum Gasteiger partial charge on any atom is -0.356 e. The summed E-state index contributed by atoms with van der Waals surface area (Å²) >= 11 is 0. The van der Waals surface area contributed by atoms with E-state index in [1.807, 2.05) is 0 Å². The van der Waals surface area contributed by atoms with Crippen molar-refractivity contribution in [3.05, 3.63) is 35.4 Å². The van der Waals surface area contributed by atoms with Crippen LogP contribution in [0.4, 0.5) is 0 Å². The number of benzene rings is 1. The Labute approximate surface area is 102 Å². The van der Waals surface area contributed by atoms with Crippen LogP contribution in [0, 0.1) is 6.92 Å². The van der Waals surface area contributed by atoms with Gasteiger partial charge in [0.1, 0.15) is 0 Å². The number of nitrogens with one attached hydrogen (secondary N) is 1. The first kappa shape index (κ1) is 12.1. The van der Waals surface area contributed by atoms with Gasteiger partial charge in [0.2, 0.25) is 5.91 Å². The zero-order chi connectivity index (χ0) is 12.3. The zero-order valence-corrected chi connectivity index (χ0v) is 10.3. The van der Waals surface area contributed by atoms with Gasteiger partial charge in [-0.1, -0.05) is 29.8 Å². The fourth-order valence-corrected chi connectivity index (χ4v) is 2.53. The molecule has 0 spiro atoms. The third-order valence-electron chi connectivity index (χ3n) is 3.81. The van der Waals surface area contributed by atoms with Gasteiger partial charge < -0.3 is 11.1 Å². The first-order valence-corrected chi connectivity index (χ1v) is 6.20. The van der Waals surface area contributed by atoms with Crippen molar-refractivity contribution in [2.75, 3.05) is 13.1 Å². The van der Waals surface area contributed by atoms with Crippen LogP contribution in [0.2, 0.25) is 0 Å². The third kappa shape index (κ3) is 2.50. The van der Waals surface area contributed by atoms with Crippen molar-refractivity contribution in [1.82, 2.24) is 5.32 Å². The summed E-state index contributed by atoms with van der Waals surface area (Å²) in [7, 11) is 0. The Morgan fingerprint density at radius 2 is 2.00 bits per heavy atom. The first-order chi connectivity index (χ1) is 8.16. The highest BCUT2D eigenvalue weighted by Gasteiger charge is 2.32. The lowest BCUT2D eigenvalue weighted by Crippen LogP contribution is -2.36. The van der Waals surface area contributed by atoms with Crippen molar-refractivity contribution in [2.24, 2.45) is 5.73 Å². The lowest BCUT2D eigenvalue weighted by atomic mass is 9.74. The molecule has 1 saturated heterocycles. The van der Waals surface area contributed by atoms with Gasteiger partial charge >= 0.3 is 0 Å². The molecule has 92 valence electrons. The summed E-state index contributed by atoms with van der Waals surface area (Å²) in [6, 6.07) is 8.54. The Bertz CT molecular complexity index is 399. The number of rotatable bonds is 2. The lowest BCUT2D eigenvalue weighted by molar-refractivity contribution is -0.120. The van der Waals surface area contributed by atoms with Crippen LogP contribution in [0.15, 0.2) is 24.3 Å². The van der Waals surface area contributed by atoms with Gasteiger partial charge in [0.05, 0.1) is 0 Å². The molecule has 2 rings (SSSR count). The molecule has 3 heteroatoms. The second-order valence-corrected chi connectivity index (χ2v) is 4.95. The number of hydrogen-bond acceptors (Lipinski definition) is 2. The maximum absolute atomic E-state index is 11.4. The van der Waals surface area contributed by atoms with E-state index in [1.165, 1.54) is 11.1 Å². The normalized spacial score (nSPS) is 25.2. The molecule has 0 aliphatic carbocycles. The quantitative estimate of drug-likeness (QED) is 0.811. The third-order valence-corrected chi connectivity index (χ3v) is 3.81. The van der Waals surface area contributed by atoms with Crippen molar-refractivity contribution in [3.8, 4) is 0 Å². The van der Waals surface area contributed by atoms with E-state index < -0.39 is 0 Å². The molecule has 1 heterocycles. The van der Waals surface area contributed by atoms with Gasteiger partial charge in [0, 0.05) is 24.9 Å². The molecule has 1 aliphatic rings. The van der Waals surface area contributed by atoms with Crippen LogP contribution in [0.3, 0.4) is 0 Å². The summed E-state index contributed by atoms with van der Waals surface area (Å²) in [6.45, 7) is 3.41. The van der Waals surface area contributed by atoms with E-state index in [2.05, 4.69) is 36.5 Å². The Morgan fingerprint density at radius 1 is 1.29 bits per heavy atom. The van der Waals surface area contributed by atoms with Crippen LogP contribution in [0.5, 0.6) is 0 Å². The number of hydrogen-bond donors (Lipinski definition) is 2. The predicted molar refractivity (Wildman–Crippen MR) is 68.8 cm³/mol. The van der Waals surface area contributed by atoms with Crippen LogP contribution in [0.25, 0.3) is 0 Å². The summed E-state index contributed by atoms with van der Waals surface area (Å²) in [4.78, 5) is 11.4. The second-order valence-electron chi connectivity index (χ2n) is 4.95. The lowest BCUT2D eigenvalue weighted by Gasteiger charge is -2.31. The van der Waals surface area contributed by atoms with Crippen LogP contribution in [-0.4, -0.2) is 19.0 Å². The van der Waals surface area contributed by atoms with Crippen molar-refractivity contribution in [3.63, 3.8) is 0 Å². The topological polar surface area (TPSA) is 55.1 Å². The number of amides is 1. The van der Waals surface area contributed by atoms with E-state index in [0.717, 1.165) is 19.4 Å². The summed E-state index contributed by atoms with van der Waals surface area (Å²) < 4.78 is 0. The maximum atomic E-state index is 11.4. The van der Waals surface area contributed by atoms with Gasteiger partial charge in [-0.3, -0.25) is 4.79 Å². The molecule has 0 radical (unpaired) electrons. The van der Waals surface area contributed by atoms with Gasteiger partial charge in [0.25, 0.3) is 0 Å². The molecule has 1 aliphatic heterocycles. The molecule has 0 aromatic heterocycles. The van der Waals surface area contributed by atoms with Gasteiger partial charge in [-0.2, -0.15) is 0 Å². The fraction of sp³-hybridized carbons (Fsp3) is 0.500. The van der Waals surface area contributed by atoms with Crippen LogP contribution < -0.4 is 11.1 Å². The molecular formula is C14H20N2O. The summed E-state index contributed by atoms with van der Waals surface area (Å²) in [6.07, 6.45) is 2.35. The molecule has 17 heavy (non-hydrogen) atoms. The minimum absolute atomic E-state index is 0.0349. The molecular weight excluding hydrogens is 212 g/mol. The average molecular weight is 232 g/mol. The summed E-state index contributed by atoms with van der Waals surface area (Å²) in [5.41, 5.74) is 8.47. The largest absolute Gasteiger partial charge is 0.356 e. The maximum Gasteiger partial charge on any atom is 0.220 e.